The van der Waals surface area contributed by atoms with Crippen molar-refractivity contribution in [2.45, 2.75) is 50.8 Å². The van der Waals surface area contributed by atoms with Crippen LogP contribution in [-0.2, 0) is 28.3 Å². The summed E-state index contributed by atoms with van der Waals surface area (Å²) in [5.41, 5.74) is 4.03. The molecule has 2 aromatic carbocycles. The molecule has 2 aromatic rings. The first kappa shape index (κ1) is 19.7. The Kier molecular flexibility index (Phi) is 5.63. The largest absolute Gasteiger partial charge is 0.494 e. The van der Waals surface area contributed by atoms with Crippen molar-refractivity contribution in [3.05, 3.63) is 63.7 Å². The van der Waals surface area contributed by atoms with Crippen LogP contribution >= 0.6 is 11.6 Å². The Hall–Kier alpha value is -1.63. The number of aliphatic hydroxyl groups excluding tert-OH is 2. The van der Waals surface area contributed by atoms with Crippen LogP contribution in [0.2, 0.25) is 5.02 Å². The van der Waals surface area contributed by atoms with Gasteiger partial charge in [0.25, 0.3) is 0 Å². The Morgan fingerprint density at radius 1 is 1.21 bits per heavy atom. The lowest BCUT2D eigenvalue weighted by Crippen LogP contribution is -2.45. The number of hydrogen-bond acceptors (Lipinski definition) is 5. The van der Waals surface area contributed by atoms with E-state index in [1.165, 1.54) is 0 Å². The van der Waals surface area contributed by atoms with Crippen molar-refractivity contribution >= 4 is 11.6 Å². The normalized spacial score (nSPS) is 26.4. The van der Waals surface area contributed by atoms with E-state index in [1.807, 2.05) is 43.3 Å². The average molecular weight is 405 g/mol. The average Bonchev–Trinajstić information content (AvgIpc) is 3.02. The van der Waals surface area contributed by atoms with E-state index in [1.54, 1.807) is 0 Å². The van der Waals surface area contributed by atoms with Crippen molar-refractivity contribution in [3.63, 3.8) is 0 Å². The first-order valence-electron chi connectivity index (χ1n) is 9.68. The zero-order valence-electron chi connectivity index (χ0n) is 15.9. The standard InChI is InChI=1S/C22H25ClO5/c1-2-26-16-5-3-14(4-6-16)9-18-19-13-27-22(20(19)7-8-21(18)23)11-15(25)10-17(12-24)28-22/h3-8,15,17,24-25H,2,9-13H2,1H3/t15-,17-,22+/m0/s1. The highest BCUT2D eigenvalue weighted by atomic mass is 35.5. The third-order valence-electron chi connectivity index (χ3n) is 5.45. The second-order valence-corrected chi connectivity index (χ2v) is 7.77. The molecule has 6 heteroatoms. The van der Waals surface area contributed by atoms with E-state index < -0.39 is 18.0 Å². The summed E-state index contributed by atoms with van der Waals surface area (Å²) in [4.78, 5) is 0. The predicted octanol–water partition coefficient (Wildman–Crippen LogP) is 3.54. The fourth-order valence-electron chi connectivity index (χ4n) is 4.16. The van der Waals surface area contributed by atoms with Gasteiger partial charge in [0.15, 0.2) is 5.79 Å². The van der Waals surface area contributed by atoms with E-state index in [2.05, 4.69) is 0 Å². The molecule has 5 nitrogen and oxygen atoms in total. The number of benzene rings is 2. The Bertz CT molecular complexity index is 838. The van der Waals surface area contributed by atoms with Gasteiger partial charge in [0.05, 0.1) is 32.0 Å². The SMILES string of the molecule is CCOc1ccc(Cc2c(Cl)ccc3c2CO[C@@]32C[C@@H](O)C[C@@H](CO)O2)cc1. The van der Waals surface area contributed by atoms with E-state index in [-0.39, 0.29) is 6.61 Å². The minimum atomic E-state index is -1.02. The lowest BCUT2D eigenvalue weighted by molar-refractivity contribution is -0.302. The lowest BCUT2D eigenvalue weighted by atomic mass is 9.89. The number of halogens is 1. The quantitative estimate of drug-likeness (QED) is 0.797. The number of ether oxygens (including phenoxy) is 3. The van der Waals surface area contributed by atoms with E-state index in [4.69, 9.17) is 25.8 Å². The molecule has 1 spiro atoms. The molecule has 0 bridgehead atoms. The van der Waals surface area contributed by atoms with Crippen molar-refractivity contribution in [1.29, 1.82) is 0 Å². The van der Waals surface area contributed by atoms with Crippen LogP contribution in [0.4, 0.5) is 0 Å². The molecule has 0 aliphatic carbocycles. The maximum absolute atomic E-state index is 10.3. The van der Waals surface area contributed by atoms with Crippen LogP contribution in [0.15, 0.2) is 36.4 Å². The van der Waals surface area contributed by atoms with Crippen LogP contribution in [0.5, 0.6) is 5.75 Å². The first-order chi connectivity index (χ1) is 13.5. The Morgan fingerprint density at radius 3 is 2.71 bits per heavy atom. The van der Waals surface area contributed by atoms with Gasteiger partial charge < -0.3 is 24.4 Å². The highest BCUT2D eigenvalue weighted by Gasteiger charge is 2.48. The minimum Gasteiger partial charge on any atom is -0.494 e. The third-order valence-corrected chi connectivity index (χ3v) is 5.80. The fourth-order valence-corrected chi connectivity index (χ4v) is 4.40. The molecule has 0 saturated carbocycles. The fraction of sp³-hybridized carbons (Fsp3) is 0.455. The smallest absolute Gasteiger partial charge is 0.198 e. The van der Waals surface area contributed by atoms with Gasteiger partial charge in [0.2, 0.25) is 0 Å². The number of fused-ring (bicyclic) bond motifs is 2. The Labute approximate surface area is 169 Å². The molecule has 0 unspecified atom stereocenters. The topological polar surface area (TPSA) is 68.2 Å². The molecule has 2 aliphatic heterocycles. The summed E-state index contributed by atoms with van der Waals surface area (Å²) in [5.74, 6) is -0.170. The molecule has 28 heavy (non-hydrogen) atoms. The highest BCUT2D eigenvalue weighted by Crippen LogP contribution is 2.47. The van der Waals surface area contributed by atoms with Gasteiger partial charge in [-0.1, -0.05) is 29.8 Å². The zero-order valence-corrected chi connectivity index (χ0v) is 16.6. The van der Waals surface area contributed by atoms with Crippen LogP contribution < -0.4 is 4.74 Å². The number of rotatable bonds is 5. The van der Waals surface area contributed by atoms with E-state index in [9.17, 15) is 10.2 Å². The summed E-state index contributed by atoms with van der Waals surface area (Å²) in [6.07, 6.45) is 0.395. The molecule has 3 atom stereocenters. The summed E-state index contributed by atoms with van der Waals surface area (Å²) in [6.45, 7) is 2.82. The van der Waals surface area contributed by atoms with Gasteiger partial charge in [-0.15, -0.1) is 0 Å². The molecule has 0 radical (unpaired) electrons. The maximum atomic E-state index is 10.3. The number of aliphatic hydroxyl groups is 2. The van der Waals surface area contributed by atoms with Gasteiger partial charge in [0.1, 0.15) is 5.75 Å². The van der Waals surface area contributed by atoms with Crippen LogP contribution in [0.3, 0.4) is 0 Å². The Balaban J connectivity index is 1.65. The van der Waals surface area contributed by atoms with E-state index in [0.29, 0.717) is 37.5 Å². The van der Waals surface area contributed by atoms with Gasteiger partial charge in [-0.05, 0) is 48.2 Å². The second kappa shape index (κ2) is 8.01. The van der Waals surface area contributed by atoms with Crippen molar-refractivity contribution in [2.24, 2.45) is 0 Å². The molecule has 1 fully saturated rings. The van der Waals surface area contributed by atoms with Crippen molar-refractivity contribution in [1.82, 2.24) is 0 Å². The van der Waals surface area contributed by atoms with Gasteiger partial charge >= 0.3 is 0 Å². The molecular weight excluding hydrogens is 380 g/mol. The summed E-state index contributed by atoms with van der Waals surface area (Å²) in [5, 5.41) is 20.5. The maximum Gasteiger partial charge on any atom is 0.198 e. The zero-order chi connectivity index (χ0) is 19.7. The summed E-state index contributed by atoms with van der Waals surface area (Å²) < 4.78 is 17.7. The lowest BCUT2D eigenvalue weighted by Gasteiger charge is -2.40. The minimum absolute atomic E-state index is 0.149. The molecule has 1 saturated heterocycles. The molecule has 150 valence electrons. The van der Waals surface area contributed by atoms with E-state index >= 15 is 0 Å². The first-order valence-corrected chi connectivity index (χ1v) is 10.1. The van der Waals surface area contributed by atoms with Crippen molar-refractivity contribution in [3.8, 4) is 5.75 Å². The van der Waals surface area contributed by atoms with Crippen molar-refractivity contribution in [2.75, 3.05) is 13.2 Å². The highest BCUT2D eigenvalue weighted by molar-refractivity contribution is 6.31. The number of hydrogen-bond donors (Lipinski definition) is 2. The summed E-state index contributed by atoms with van der Waals surface area (Å²) >= 11 is 6.54. The third kappa shape index (κ3) is 3.65. The molecule has 2 aliphatic rings. The van der Waals surface area contributed by atoms with Gasteiger partial charge in [-0.3, -0.25) is 0 Å². The molecule has 0 amide bonds. The predicted molar refractivity (Wildman–Crippen MR) is 106 cm³/mol. The van der Waals surface area contributed by atoms with Gasteiger partial charge in [0, 0.05) is 23.4 Å². The van der Waals surface area contributed by atoms with Crippen LogP contribution in [0.25, 0.3) is 0 Å². The molecule has 2 N–H and O–H groups in total. The van der Waals surface area contributed by atoms with Gasteiger partial charge in [-0.25, -0.2) is 0 Å². The molecule has 0 aromatic heterocycles. The van der Waals surface area contributed by atoms with Crippen molar-refractivity contribution < 1.29 is 24.4 Å². The Morgan fingerprint density at radius 2 is 2.00 bits per heavy atom. The summed E-state index contributed by atoms with van der Waals surface area (Å²) in [7, 11) is 0. The molecule has 4 rings (SSSR count). The second-order valence-electron chi connectivity index (χ2n) is 7.36. The summed E-state index contributed by atoms with van der Waals surface area (Å²) in [6, 6.07) is 11.8. The van der Waals surface area contributed by atoms with Crippen LogP contribution in [0, 0.1) is 0 Å². The van der Waals surface area contributed by atoms with Crippen LogP contribution in [0.1, 0.15) is 42.0 Å². The van der Waals surface area contributed by atoms with Crippen LogP contribution in [-0.4, -0.2) is 35.6 Å². The van der Waals surface area contributed by atoms with Gasteiger partial charge in [-0.2, -0.15) is 0 Å². The molecular formula is C22H25ClO5. The van der Waals surface area contributed by atoms with E-state index in [0.717, 1.165) is 28.0 Å². The molecule has 2 heterocycles. The monoisotopic (exact) mass is 404 g/mol.